The van der Waals surface area contributed by atoms with Crippen LogP contribution in [-0.4, -0.2) is 31.8 Å². The lowest BCUT2D eigenvalue weighted by Crippen LogP contribution is -2.11. The third kappa shape index (κ3) is 6.49. The zero-order valence-electron chi connectivity index (χ0n) is 22.7. The number of nitrogens with zero attached hydrogens (tertiary/aromatic N) is 4. The van der Waals surface area contributed by atoms with Crippen LogP contribution in [0.2, 0.25) is 0 Å². The molecule has 0 aliphatic heterocycles. The summed E-state index contributed by atoms with van der Waals surface area (Å²) < 4.78 is 11.5. The summed E-state index contributed by atoms with van der Waals surface area (Å²) in [7, 11) is 0. The lowest BCUT2D eigenvalue weighted by molar-refractivity contribution is -0.117. The minimum Gasteiger partial charge on any atom is -0.434 e. The van der Waals surface area contributed by atoms with Crippen LogP contribution in [-0.2, 0) is 9.59 Å². The van der Waals surface area contributed by atoms with Crippen LogP contribution >= 0.6 is 0 Å². The van der Waals surface area contributed by atoms with Gasteiger partial charge >= 0.3 is 0 Å². The SMILES string of the molecule is O=C(CCCCCCC(=O)Nc1ccc(-c2nc3ncccc3o2)cc1)Nc1ccc(-c2nc3ncccc3o2)cc1. The van der Waals surface area contributed by atoms with Gasteiger partial charge in [-0.25, -0.2) is 9.97 Å². The maximum Gasteiger partial charge on any atom is 0.228 e. The van der Waals surface area contributed by atoms with Crippen LogP contribution in [0.4, 0.5) is 11.4 Å². The van der Waals surface area contributed by atoms with Gasteiger partial charge in [-0.1, -0.05) is 12.8 Å². The Morgan fingerprint density at radius 2 is 1.00 bits per heavy atom. The Morgan fingerprint density at radius 1 is 0.571 bits per heavy atom. The Hall–Kier alpha value is -5.38. The molecule has 0 aliphatic rings. The van der Waals surface area contributed by atoms with Gasteiger partial charge in [-0.05, 0) is 85.6 Å². The summed E-state index contributed by atoms with van der Waals surface area (Å²) in [5, 5.41) is 5.85. The molecule has 42 heavy (non-hydrogen) atoms. The molecule has 2 N–H and O–H groups in total. The topological polar surface area (TPSA) is 136 Å². The maximum atomic E-state index is 12.4. The predicted octanol–water partition coefficient (Wildman–Crippen LogP) is 7.01. The van der Waals surface area contributed by atoms with E-state index in [1.165, 1.54) is 0 Å². The molecule has 10 heteroatoms. The van der Waals surface area contributed by atoms with Crippen molar-refractivity contribution < 1.29 is 18.4 Å². The Kier molecular flexibility index (Phi) is 7.93. The molecule has 2 aromatic carbocycles. The first-order valence-corrected chi connectivity index (χ1v) is 13.8. The number of oxazole rings is 2. The lowest BCUT2D eigenvalue weighted by atomic mass is 10.1. The molecule has 4 aromatic heterocycles. The van der Waals surface area contributed by atoms with E-state index in [4.69, 9.17) is 8.83 Å². The summed E-state index contributed by atoms with van der Waals surface area (Å²) in [6.07, 6.45) is 7.46. The number of anilines is 2. The van der Waals surface area contributed by atoms with E-state index in [2.05, 4.69) is 30.6 Å². The van der Waals surface area contributed by atoms with E-state index in [1.54, 1.807) is 24.5 Å². The van der Waals surface area contributed by atoms with E-state index in [0.29, 0.717) is 58.5 Å². The largest absolute Gasteiger partial charge is 0.434 e. The Labute approximate surface area is 241 Å². The van der Waals surface area contributed by atoms with Gasteiger partial charge in [0.2, 0.25) is 23.6 Å². The first kappa shape index (κ1) is 26.8. The molecule has 210 valence electrons. The molecular formula is C32H28N6O4. The van der Waals surface area contributed by atoms with Gasteiger partial charge in [0, 0.05) is 47.7 Å². The van der Waals surface area contributed by atoms with Gasteiger partial charge < -0.3 is 19.5 Å². The second-order valence-electron chi connectivity index (χ2n) is 9.85. The quantitative estimate of drug-likeness (QED) is 0.162. The summed E-state index contributed by atoms with van der Waals surface area (Å²) in [5.41, 5.74) is 5.44. The Morgan fingerprint density at radius 3 is 1.40 bits per heavy atom. The highest BCUT2D eigenvalue weighted by atomic mass is 16.4. The average molecular weight is 561 g/mol. The molecule has 2 amide bonds. The predicted molar refractivity (Wildman–Crippen MR) is 159 cm³/mol. The van der Waals surface area contributed by atoms with Crippen LogP contribution in [0.25, 0.3) is 45.4 Å². The van der Waals surface area contributed by atoms with Crippen LogP contribution in [0, 0.1) is 0 Å². The molecule has 0 unspecified atom stereocenters. The van der Waals surface area contributed by atoms with E-state index in [1.807, 2.05) is 60.7 Å². The zero-order chi connectivity index (χ0) is 28.7. The summed E-state index contributed by atoms with van der Waals surface area (Å²) in [5.74, 6) is 0.901. The highest BCUT2D eigenvalue weighted by Gasteiger charge is 2.11. The summed E-state index contributed by atoms with van der Waals surface area (Å²) in [6.45, 7) is 0. The van der Waals surface area contributed by atoms with Crippen molar-refractivity contribution in [2.45, 2.75) is 38.5 Å². The molecule has 0 spiro atoms. The fourth-order valence-corrected chi connectivity index (χ4v) is 4.55. The molecule has 0 saturated carbocycles. The monoisotopic (exact) mass is 560 g/mol. The second kappa shape index (κ2) is 12.4. The van der Waals surface area contributed by atoms with Crippen molar-refractivity contribution in [1.82, 2.24) is 19.9 Å². The molecular weight excluding hydrogens is 532 g/mol. The first-order valence-electron chi connectivity index (χ1n) is 13.8. The molecule has 0 aliphatic carbocycles. The fraction of sp³-hybridized carbons (Fsp3) is 0.188. The minimum absolute atomic E-state index is 0.0379. The number of pyridine rings is 2. The standard InChI is InChI=1S/C32H28N6O4/c39-27(35-23-15-11-21(12-16-23)31-37-29-25(41-31)7-5-19-33-29)9-3-1-2-4-10-28(40)36-24-17-13-22(14-18-24)32-38-30-26(42-32)8-6-20-34-30/h5-8,11-20H,1-4,9-10H2,(H,35,39)(H,36,40). The number of aromatic nitrogens is 4. The van der Waals surface area contributed by atoms with Gasteiger partial charge in [-0.15, -0.1) is 0 Å². The number of rotatable bonds is 11. The van der Waals surface area contributed by atoms with Gasteiger partial charge in [0.05, 0.1) is 0 Å². The molecule has 6 aromatic rings. The average Bonchev–Trinajstić information content (AvgIpc) is 3.64. The van der Waals surface area contributed by atoms with Gasteiger partial charge in [0.25, 0.3) is 0 Å². The van der Waals surface area contributed by atoms with Crippen LogP contribution in [0.5, 0.6) is 0 Å². The van der Waals surface area contributed by atoms with E-state index >= 15 is 0 Å². The lowest BCUT2D eigenvalue weighted by Gasteiger charge is -2.07. The number of benzene rings is 2. The molecule has 0 saturated heterocycles. The third-order valence-electron chi connectivity index (χ3n) is 6.72. The Balaban J connectivity index is 0.872. The number of hydrogen-bond donors (Lipinski definition) is 2. The number of carbonyl (C=O) groups is 2. The van der Waals surface area contributed by atoms with Crippen LogP contribution in [0.15, 0.2) is 94.0 Å². The molecule has 0 fully saturated rings. The van der Waals surface area contributed by atoms with Crippen LogP contribution in [0.1, 0.15) is 38.5 Å². The first-order chi connectivity index (χ1) is 20.6. The molecule has 4 heterocycles. The number of carbonyl (C=O) groups excluding carboxylic acids is 2. The molecule has 0 radical (unpaired) electrons. The number of hydrogen-bond acceptors (Lipinski definition) is 8. The highest BCUT2D eigenvalue weighted by molar-refractivity contribution is 5.91. The van der Waals surface area contributed by atoms with E-state index < -0.39 is 0 Å². The summed E-state index contributed by atoms with van der Waals surface area (Å²) in [6, 6.07) is 22.0. The van der Waals surface area contributed by atoms with Crippen molar-refractivity contribution >= 4 is 45.6 Å². The second-order valence-corrected chi connectivity index (χ2v) is 9.85. The van der Waals surface area contributed by atoms with Crippen molar-refractivity contribution in [2.75, 3.05) is 10.6 Å². The maximum absolute atomic E-state index is 12.4. The molecule has 0 atom stereocenters. The van der Waals surface area contributed by atoms with Crippen molar-refractivity contribution in [3.63, 3.8) is 0 Å². The summed E-state index contributed by atoms with van der Waals surface area (Å²) in [4.78, 5) is 41.9. The van der Waals surface area contributed by atoms with Crippen molar-refractivity contribution in [3.8, 4) is 22.9 Å². The number of nitrogens with one attached hydrogen (secondary N) is 2. The third-order valence-corrected chi connectivity index (χ3v) is 6.72. The van der Waals surface area contributed by atoms with E-state index in [9.17, 15) is 9.59 Å². The van der Waals surface area contributed by atoms with Gasteiger partial charge in [-0.2, -0.15) is 9.97 Å². The summed E-state index contributed by atoms with van der Waals surface area (Å²) >= 11 is 0. The van der Waals surface area contributed by atoms with Gasteiger partial charge in [0.15, 0.2) is 22.5 Å². The molecule has 0 bridgehead atoms. The number of unbranched alkanes of at least 4 members (excludes halogenated alkanes) is 3. The van der Waals surface area contributed by atoms with E-state index in [0.717, 1.165) is 36.8 Å². The van der Waals surface area contributed by atoms with Crippen molar-refractivity contribution in [1.29, 1.82) is 0 Å². The van der Waals surface area contributed by atoms with Crippen molar-refractivity contribution in [2.24, 2.45) is 0 Å². The number of fused-ring (bicyclic) bond motifs is 2. The molecule has 6 rings (SSSR count). The molecule has 10 nitrogen and oxygen atoms in total. The minimum atomic E-state index is -0.0379. The van der Waals surface area contributed by atoms with Crippen LogP contribution < -0.4 is 10.6 Å². The fourth-order valence-electron chi connectivity index (χ4n) is 4.55. The van der Waals surface area contributed by atoms with Gasteiger partial charge in [-0.3, -0.25) is 9.59 Å². The smallest absolute Gasteiger partial charge is 0.228 e. The zero-order valence-corrected chi connectivity index (χ0v) is 22.7. The normalized spacial score (nSPS) is 11.1. The Bertz CT molecular complexity index is 1620. The van der Waals surface area contributed by atoms with E-state index in [-0.39, 0.29) is 11.8 Å². The number of amides is 2. The van der Waals surface area contributed by atoms with Crippen molar-refractivity contribution in [3.05, 3.63) is 85.2 Å². The van der Waals surface area contributed by atoms with Crippen LogP contribution in [0.3, 0.4) is 0 Å². The van der Waals surface area contributed by atoms with Gasteiger partial charge in [0.1, 0.15) is 0 Å². The highest BCUT2D eigenvalue weighted by Crippen LogP contribution is 2.26.